The molecule has 1 unspecified atom stereocenters. The lowest BCUT2D eigenvalue weighted by Gasteiger charge is -2.23. The van der Waals surface area contributed by atoms with Gasteiger partial charge in [0.05, 0.1) is 6.54 Å². The predicted octanol–water partition coefficient (Wildman–Crippen LogP) is 1.99. The average molecular weight is 309 g/mol. The summed E-state index contributed by atoms with van der Waals surface area (Å²) in [6.45, 7) is 11.3. The number of guanidine groups is 1. The topological polar surface area (TPSA) is 52.6 Å². The maximum Gasteiger partial charge on any atom is 0.191 e. The van der Waals surface area contributed by atoms with Gasteiger partial charge in [0.25, 0.3) is 0 Å². The van der Waals surface area contributed by atoms with Gasteiger partial charge in [-0.1, -0.05) is 6.92 Å². The lowest BCUT2D eigenvalue weighted by atomic mass is 10.2. The minimum absolute atomic E-state index is 0.640. The van der Waals surface area contributed by atoms with Crippen molar-refractivity contribution in [2.24, 2.45) is 4.99 Å². The van der Waals surface area contributed by atoms with Gasteiger partial charge in [0.1, 0.15) is 5.01 Å². The van der Waals surface area contributed by atoms with Gasteiger partial charge in [-0.2, -0.15) is 0 Å². The van der Waals surface area contributed by atoms with Crippen LogP contribution in [0.3, 0.4) is 0 Å². The van der Waals surface area contributed by atoms with Gasteiger partial charge in [0.15, 0.2) is 5.96 Å². The summed E-state index contributed by atoms with van der Waals surface area (Å²) in [4.78, 5) is 12.8. The second-order valence-electron chi connectivity index (χ2n) is 5.37. The summed E-state index contributed by atoms with van der Waals surface area (Å²) in [6, 6.07) is 0.640. The predicted molar refractivity (Wildman–Crippen MR) is 89.9 cm³/mol. The Labute approximate surface area is 131 Å². The molecule has 2 rings (SSSR count). The van der Waals surface area contributed by atoms with Crippen molar-refractivity contribution in [2.45, 2.75) is 46.2 Å². The van der Waals surface area contributed by atoms with Crippen LogP contribution >= 0.6 is 11.3 Å². The Kier molecular flexibility index (Phi) is 6.45. The molecule has 1 fully saturated rings. The lowest BCUT2D eigenvalue weighted by Crippen LogP contribution is -2.44. The van der Waals surface area contributed by atoms with E-state index in [0.29, 0.717) is 12.6 Å². The molecule has 2 heterocycles. The Morgan fingerprint density at radius 3 is 3.00 bits per heavy atom. The van der Waals surface area contributed by atoms with E-state index >= 15 is 0 Å². The zero-order chi connectivity index (χ0) is 15.1. The van der Waals surface area contributed by atoms with Gasteiger partial charge in [-0.3, -0.25) is 4.90 Å². The number of hydrogen-bond donors (Lipinski definition) is 2. The van der Waals surface area contributed by atoms with Crippen LogP contribution in [0.5, 0.6) is 0 Å². The van der Waals surface area contributed by atoms with Crippen molar-refractivity contribution in [3.63, 3.8) is 0 Å². The molecule has 118 valence electrons. The molecule has 0 saturated carbocycles. The Bertz CT molecular complexity index is 457. The number of nitrogens with one attached hydrogen (secondary N) is 2. The summed E-state index contributed by atoms with van der Waals surface area (Å²) in [7, 11) is 0. The number of hydrogen-bond acceptors (Lipinski definition) is 4. The molecule has 21 heavy (non-hydrogen) atoms. The van der Waals surface area contributed by atoms with Crippen LogP contribution < -0.4 is 10.6 Å². The highest BCUT2D eigenvalue weighted by Crippen LogP contribution is 2.15. The van der Waals surface area contributed by atoms with Gasteiger partial charge < -0.3 is 10.6 Å². The molecule has 5 nitrogen and oxygen atoms in total. The third-order valence-electron chi connectivity index (χ3n) is 3.80. The van der Waals surface area contributed by atoms with E-state index < -0.39 is 0 Å². The average Bonchev–Trinajstić information content (AvgIpc) is 3.10. The van der Waals surface area contributed by atoms with E-state index in [2.05, 4.69) is 46.3 Å². The largest absolute Gasteiger partial charge is 0.357 e. The van der Waals surface area contributed by atoms with Gasteiger partial charge in [-0.25, -0.2) is 9.98 Å². The summed E-state index contributed by atoms with van der Waals surface area (Å²) in [5.74, 6) is 0.897. The summed E-state index contributed by atoms with van der Waals surface area (Å²) in [5.41, 5.74) is 0. The molecule has 6 heteroatoms. The standard InChI is InChI=1S/C15H27N5S/c1-4-16-15(19-11-14-17-9-12(3)21-14)18-10-13-7-6-8-20(13)5-2/h9,13H,4-8,10-11H2,1-3H3,(H2,16,18,19). The van der Waals surface area contributed by atoms with E-state index in [0.717, 1.165) is 30.6 Å². The molecule has 0 amide bonds. The fourth-order valence-corrected chi connectivity index (χ4v) is 3.43. The van der Waals surface area contributed by atoms with E-state index in [1.165, 1.54) is 24.3 Å². The van der Waals surface area contributed by atoms with Gasteiger partial charge in [0.2, 0.25) is 0 Å². The van der Waals surface area contributed by atoms with Crippen LogP contribution in [0.2, 0.25) is 0 Å². The molecule has 0 bridgehead atoms. The summed E-state index contributed by atoms with van der Waals surface area (Å²) in [5, 5.41) is 7.86. The van der Waals surface area contributed by atoms with Crippen molar-refractivity contribution in [1.29, 1.82) is 0 Å². The van der Waals surface area contributed by atoms with Gasteiger partial charge in [0, 0.05) is 30.2 Å². The first kappa shape index (κ1) is 16.2. The highest BCUT2D eigenvalue weighted by molar-refractivity contribution is 7.11. The minimum Gasteiger partial charge on any atom is -0.357 e. The van der Waals surface area contributed by atoms with E-state index in [1.54, 1.807) is 11.3 Å². The first-order chi connectivity index (χ1) is 10.2. The Balaban J connectivity index is 1.86. The van der Waals surface area contributed by atoms with Crippen LogP contribution in [0.1, 0.15) is 36.6 Å². The van der Waals surface area contributed by atoms with Crippen LogP contribution in [0.15, 0.2) is 11.2 Å². The molecule has 1 aliphatic heterocycles. The zero-order valence-electron chi connectivity index (χ0n) is 13.4. The number of likely N-dealkylation sites (N-methyl/N-ethyl adjacent to an activating group) is 1. The fraction of sp³-hybridized carbons (Fsp3) is 0.733. The van der Waals surface area contributed by atoms with E-state index in [-0.39, 0.29) is 0 Å². The molecule has 1 saturated heterocycles. The maximum absolute atomic E-state index is 4.63. The van der Waals surface area contributed by atoms with Crippen LogP contribution in [0.25, 0.3) is 0 Å². The fourth-order valence-electron chi connectivity index (χ4n) is 2.72. The number of thiazole rings is 1. The van der Waals surface area contributed by atoms with E-state index in [1.807, 2.05) is 6.20 Å². The molecule has 1 aromatic heterocycles. The number of aryl methyl sites for hydroxylation is 1. The third-order valence-corrected chi connectivity index (χ3v) is 4.69. The minimum atomic E-state index is 0.640. The number of likely N-dealkylation sites (tertiary alicyclic amines) is 1. The molecule has 2 N–H and O–H groups in total. The molecule has 1 aromatic rings. The SMILES string of the molecule is CCNC(=NCc1ncc(C)s1)NCC1CCCN1CC. The summed E-state index contributed by atoms with van der Waals surface area (Å²) < 4.78 is 0. The van der Waals surface area contributed by atoms with Crippen LogP contribution in [0.4, 0.5) is 0 Å². The molecular weight excluding hydrogens is 282 g/mol. The summed E-state index contributed by atoms with van der Waals surface area (Å²) in [6.07, 6.45) is 4.51. The molecule has 0 spiro atoms. The quantitative estimate of drug-likeness (QED) is 0.623. The van der Waals surface area contributed by atoms with Gasteiger partial charge in [-0.15, -0.1) is 11.3 Å². The Morgan fingerprint density at radius 2 is 2.33 bits per heavy atom. The van der Waals surface area contributed by atoms with Crippen LogP contribution in [-0.4, -0.2) is 48.1 Å². The van der Waals surface area contributed by atoms with Crippen LogP contribution in [0, 0.1) is 6.92 Å². The molecular formula is C15H27N5S. The lowest BCUT2D eigenvalue weighted by molar-refractivity contribution is 0.267. The van der Waals surface area contributed by atoms with Crippen molar-refractivity contribution in [3.05, 3.63) is 16.1 Å². The molecule has 0 aromatic carbocycles. The number of aromatic nitrogens is 1. The molecule has 0 radical (unpaired) electrons. The molecule has 1 aliphatic rings. The van der Waals surface area contributed by atoms with Crippen molar-refractivity contribution in [3.8, 4) is 0 Å². The van der Waals surface area contributed by atoms with Gasteiger partial charge in [-0.05, 0) is 39.8 Å². The third kappa shape index (κ3) is 4.97. The first-order valence-electron chi connectivity index (χ1n) is 7.90. The number of nitrogens with zero attached hydrogens (tertiary/aromatic N) is 3. The first-order valence-corrected chi connectivity index (χ1v) is 8.72. The van der Waals surface area contributed by atoms with E-state index in [4.69, 9.17) is 0 Å². The monoisotopic (exact) mass is 309 g/mol. The van der Waals surface area contributed by atoms with Gasteiger partial charge >= 0.3 is 0 Å². The normalized spacial score (nSPS) is 20.0. The Hall–Kier alpha value is -1.14. The van der Waals surface area contributed by atoms with Crippen molar-refractivity contribution < 1.29 is 0 Å². The highest BCUT2D eigenvalue weighted by atomic mass is 32.1. The number of rotatable bonds is 6. The Morgan fingerprint density at radius 1 is 1.48 bits per heavy atom. The summed E-state index contributed by atoms with van der Waals surface area (Å²) >= 11 is 1.71. The molecule has 0 aliphatic carbocycles. The van der Waals surface area contributed by atoms with Crippen molar-refractivity contribution >= 4 is 17.3 Å². The number of aliphatic imine (C=N–C) groups is 1. The highest BCUT2D eigenvalue weighted by Gasteiger charge is 2.22. The van der Waals surface area contributed by atoms with E-state index in [9.17, 15) is 0 Å². The smallest absolute Gasteiger partial charge is 0.191 e. The second-order valence-corrected chi connectivity index (χ2v) is 6.68. The molecule has 1 atom stereocenters. The zero-order valence-corrected chi connectivity index (χ0v) is 14.2. The van der Waals surface area contributed by atoms with Crippen LogP contribution in [-0.2, 0) is 6.54 Å². The second kappa shape index (κ2) is 8.34. The maximum atomic E-state index is 4.63. The van der Waals surface area contributed by atoms with Crippen molar-refractivity contribution in [2.75, 3.05) is 26.2 Å². The van der Waals surface area contributed by atoms with Crippen molar-refractivity contribution in [1.82, 2.24) is 20.5 Å².